The standard InChI is InChI=1S/C12H11Br2N3O/c1-7-3-4-8(13)10(5-7)16-12-15-6-9(14)11(17-12)18-2/h3-6H,1-2H3,(H,15,16,17). The van der Waals surface area contributed by atoms with Gasteiger partial charge in [-0.2, -0.15) is 4.98 Å². The molecule has 1 aromatic heterocycles. The smallest absolute Gasteiger partial charge is 0.232 e. The van der Waals surface area contributed by atoms with Crippen molar-refractivity contribution in [2.75, 3.05) is 12.4 Å². The van der Waals surface area contributed by atoms with Gasteiger partial charge in [-0.25, -0.2) is 4.98 Å². The number of anilines is 2. The number of aromatic nitrogens is 2. The van der Waals surface area contributed by atoms with Crippen molar-refractivity contribution in [1.82, 2.24) is 9.97 Å². The summed E-state index contributed by atoms with van der Waals surface area (Å²) in [5, 5.41) is 3.15. The first-order valence-electron chi connectivity index (χ1n) is 5.20. The van der Waals surface area contributed by atoms with E-state index in [1.807, 2.05) is 25.1 Å². The van der Waals surface area contributed by atoms with Crippen molar-refractivity contribution in [3.05, 3.63) is 38.9 Å². The first-order chi connectivity index (χ1) is 8.60. The van der Waals surface area contributed by atoms with Gasteiger partial charge in [-0.05, 0) is 56.5 Å². The van der Waals surface area contributed by atoms with Crippen molar-refractivity contribution < 1.29 is 4.74 Å². The van der Waals surface area contributed by atoms with Crippen LogP contribution in [-0.2, 0) is 0 Å². The summed E-state index contributed by atoms with van der Waals surface area (Å²) in [6, 6.07) is 6.02. The van der Waals surface area contributed by atoms with E-state index < -0.39 is 0 Å². The fraction of sp³-hybridized carbons (Fsp3) is 0.167. The number of nitrogens with zero attached hydrogens (tertiary/aromatic N) is 2. The van der Waals surface area contributed by atoms with Crippen LogP contribution in [0.1, 0.15) is 5.56 Å². The van der Waals surface area contributed by atoms with Gasteiger partial charge in [-0.15, -0.1) is 0 Å². The third-order valence-corrected chi connectivity index (χ3v) is 3.51. The Bertz CT molecular complexity index is 575. The number of benzene rings is 1. The van der Waals surface area contributed by atoms with Gasteiger partial charge < -0.3 is 10.1 Å². The maximum absolute atomic E-state index is 5.13. The molecule has 0 fully saturated rings. The molecular formula is C12H11Br2N3O. The molecule has 2 rings (SSSR count). The minimum atomic E-state index is 0.487. The fourth-order valence-electron chi connectivity index (χ4n) is 1.41. The Morgan fingerprint density at radius 2 is 2.00 bits per heavy atom. The molecule has 0 radical (unpaired) electrons. The summed E-state index contributed by atoms with van der Waals surface area (Å²) in [5.74, 6) is 0.984. The average molecular weight is 373 g/mol. The van der Waals surface area contributed by atoms with Crippen molar-refractivity contribution in [2.24, 2.45) is 0 Å². The molecule has 0 saturated heterocycles. The molecule has 0 saturated carbocycles. The van der Waals surface area contributed by atoms with Crippen molar-refractivity contribution in [2.45, 2.75) is 6.92 Å². The molecule has 2 aromatic rings. The van der Waals surface area contributed by atoms with Crippen LogP contribution in [0.15, 0.2) is 33.3 Å². The Labute approximate surface area is 122 Å². The van der Waals surface area contributed by atoms with Crippen molar-refractivity contribution in [1.29, 1.82) is 0 Å². The molecule has 1 aromatic carbocycles. The van der Waals surface area contributed by atoms with E-state index in [0.29, 0.717) is 11.8 Å². The molecule has 0 unspecified atom stereocenters. The van der Waals surface area contributed by atoms with Gasteiger partial charge in [0.2, 0.25) is 11.8 Å². The molecule has 1 N–H and O–H groups in total. The van der Waals surface area contributed by atoms with Crippen molar-refractivity contribution in [3.63, 3.8) is 0 Å². The molecule has 0 amide bonds. The molecule has 0 aliphatic rings. The van der Waals surface area contributed by atoms with Crippen molar-refractivity contribution >= 4 is 43.5 Å². The monoisotopic (exact) mass is 371 g/mol. The molecule has 0 spiro atoms. The van der Waals surface area contributed by atoms with Crippen LogP contribution in [0.25, 0.3) is 0 Å². The number of nitrogens with one attached hydrogen (secondary N) is 1. The van der Waals surface area contributed by atoms with Gasteiger partial charge in [-0.3, -0.25) is 0 Å². The van der Waals surface area contributed by atoms with Gasteiger partial charge in [0.1, 0.15) is 0 Å². The number of halogens is 2. The molecule has 6 heteroatoms. The van der Waals surface area contributed by atoms with E-state index in [-0.39, 0.29) is 0 Å². The molecule has 0 bridgehead atoms. The van der Waals surface area contributed by atoms with Crippen LogP contribution in [0.5, 0.6) is 5.88 Å². The molecule has 0 aliphatic heterocycles. The summed E-state index contributed by atoms with van der Waals surface area (Å²) in [5.41, 5.74) is 2.07. The molecule has 0 aliphatic carbocycles. The number of hydrogen-bond donors (Lipinski definition) is 1. The van der Waals surface area contributed by atoms with E-state index in [1.165, 1.54) is 0 Å². The predicted molar refractivity (Wildman–Crippen MR) is 78.4 cm³/mol. The summed E-state index contributed by atoms with van der Waals surface area (Å²) in [6.07, 6.45) is 1.65. The minimum absolute atomic E-state index is 0.487. The van der Waals surface area contributed by atoms with Gasteiger partial charge in [0.25, 0.3) is 0 Å². The zero-order valence-corrected chi connectivity index (χ0v) is 13.0. The number of rotatable bonds is 3. The number of aryl methyl sites for hydroxylation is 1. The second-order valence-electron chi connectivity index (χ2n) is 3.66. The zero-order chi connectivity index (χ0) is 13.1. The van der Waals surface area contributed by atoms with E-state index in [9.17, 15) is 0 Å². The van der Waals surface area contributed by atoms with E-state index in [4.69, 9.17) is 4.74 Å². The Kier molecular flexibility index (Phi) is 4.19. The summed E-state index contributed by atoms with van der Waals surface area (Å²) < 4.78 is 6.81. The molecule has 1 heterocycles. The van der Waals surface area contributed by atoms with Crippen LogP contribution in [0, 0.1) is 6.92 Å². The van der Waals surface area contributed by atoms with Crippen LogP contribution < -0.4 is 10.1 Å². The van der Waals surface area contributed by atoms with Crippen LogP contribution in [0.4, 0.5) is 11.6 Å². The van der Waals surface area contributed by atoms with Gasteiger partial charge in [0, 0.05) is 4.47 Å². The second kappa shape index (κ2) is 5.67. The molecule has 94 valence electrons. The van der Waals surface area contributed by atoms with Crippen molar-refractivity contribution in [3.8, 4) is 5.88 Å². The lowest BCUT2D eigenvalue weighted by atomic mass is 10.2. The largest absolute Gasteiger partial charge is 0.480 e. The highest BCUT2D eigenvalue weighted by Crippen LogP contribution is 2.27. The maximum atomic E-state index is 5.13. The number of hydrogen-bond acceptors (Lipinski definition) is 4. The van der Waals surface area contributed by atoms with E-state index in [0.717, 1.165) is 20.2 Å². The highest BCUT2D eigenvalue weighted by Gasteiger charge is 2.07. The average Bonchev–Trinajstić information content (AvgIpc) is 2.36. The predicted octanol–water partition coefficient (Wildman–Crippen LogP) is 4.06. The van der Waals surface area contributed by atoms with Crippen LogP contribution >= 0.6 is 31.9 Å². The third kappa shape index (κ3) is 3.00. The van der Waals surface area contributed by atoms with Crippen LogP contribution in [0.3, 0.4) is 0 Å². The minimum Gasteiger partial charge on any atom is -0.480 e. The third-order valence-electron chi connectivity index (χ3n) is 2.27. The second-order valence-corrected chi connectivity index (χ2v) is 5.37. The quantitative estimate of drug-likeness (QED) is 0.882. The summed E-state index contributed by atoms with van der Waals surface area (Å²) in [4.78, 5) is 8.43. The Morgan fingerprint density at radius 1 is 1.22 bits per heavy atom. The lowest BCUT2D eigenvalue weighted by molar-refractivity contribution is 0.394. The Balaban J connectivity index is 2.31. The lowest BCUT2D eigenvalue weighted by Crippen LogP contribution is -2.00. The van der Waals surface area contributed by atoms with Crippen LogP contribution in [-0.4, -0.2) is 17.1 Å². The number of ether oxygens (including phenoxy) is 1. The van der Waals surface area contributed by atoms with E-state index in [1.54, 1.807) is 13.3 Å². The zero-order valence-electron chi connectivity index (χ0n) is 9.87. The summed E-state index contributed by atoms with van der Waals surface area (Å²) in [6.45, 7) is 2.03. The van der Waals surface area contributed by atoms with Gasteiger partial charge in [0.05, 0.1) is 23.5 Å². The highest BCUT2D eigenvalue weighted by molar-refractivity contribution is 9.11. The maximum Gasteiger partial charge on any atom is 0.232 e. The van der Waals surface area contributed by atoms with E-state index >= 15 is 0 Å². The molecular weight excluding hydrogens is 362 g/mol. The van der Waals surface area contributed by atoms with Crippen LogP contribution in [0.2, 0.25) is 0 Å². The number of methoxy groups -OCH3 is 1. The first kappa shape index (κ1) is 13.3. The molecule has 18 heavy (non-hydrogen) atoms. The fourth-order valence-corrected chi connectivity index (χ4v) is 2.11. The Hall–Kier alpha value is -1.14. The summed E-state index contributed by atoms with van der Waals surface area (Å²) >= 11 is 6.79. The molecule has 4 nitrogen and oxygen atoms in total. The SMILES string of the molecule is COc1nc(Nc2cc(C)ccc2Br)ncc1Br. The normalized spacial score (nSPS) is 10.2. The topological polar surface area (TPSA) is 47.0 Å². The summed E-state index contributed by atoms with van der Waals surface area (Å²) in [7, 11) is 1.57. The van der Waals surface area contributed by atoms with Gasteiger partial charge in [-0.1, -0.05) is 6.07 Å². The first-order valence-corrected chi connectivity index (χ1v) is 6.78. The molecule has 0 atom stereocenters. The lowest BCUT2D eigenvalue weighted by Gasteiger charge is -2.09. The highest BCUT2D eigenvalue weighted by atomic mass is 79.9. The van der Waals surface area contributed by atoms with Gasteiger partial charge in [0.15, 0.2) is 0 Å². The van der Waals surface area contributed by atoms with E-state index in [2.05, 4.69) is 47.1 Å². The Morgan fingerprint density at radius 3 is 2.72 bits per heavy atom. The van der Waals surface area contributed by atoms with Gasteiger partial charge >= 0.3 is 0 Å².